The number of pyridine rings is 1. The summed E-state index contributed by atoms with van der Waals surface area (Å²) >= 11 is 7.15. The van der Waals surface area contributed by atoms with Crippen LogP contribution in [0.2, 0.25) is 5.15 Å². The van der Waals surface area contributed by atoms with Crippen LogP contribution in [0.1, 0.15) is 5.69 Å². The zero-order valence-electron chi connectivity index (χ0n) is 5.84. The van der Waals surface area contributed by atoms with Gasteiger partial charge in [-0.25, -0.2) is 4.98 Å². The summed E-state index contributed by atoms with van der Waals surface area (Å²) in [4.78, 5) is 3.97. The third-order valence-corrected chi connectivity index (χ3v) is 2.61. The Hall–Kier alpha value is -0.670. The topological polar surface area (TPSA) is 25.8 Å². The van der Waals surface area contributed by atoms with Crippen molar-refractivity contribution in [2.24, 2.45) is 0 Å². The monoisotopic (exact) mass is 184 g/mol. The number of halogens is 1. The van der Waals surface area contributed by atoms with E-state index in [9.17, 15) is 0 Å². The van der Waals surface area contributed by atoms with Crippen molar-refractivity contribution in [3.8, 4) is 0 Å². The Balaban J connectivity index is 2.86. The summed E-state index contributed by atoms with van der Waals surface area (Å²) in [6.07, 6.45) is 1.76. The number of aryl methyl sites for hydroxylation is 1. The Morgan fingerprint density at radius 1 is 1.55 bits per heavy atom. The summed E-state index contributed by atoms with van der Waals surface area (Å²) in [5.74, 6) is 0. The SMILES string of the molecule is Cc1nsc2cc(Cl)ncc12. The predicted molar refractivity (Wildman–Crippen MR) is 47.2 cm³/mol. The highest BCUT2D eigenvalue weighted by Crippen LogP contribution is 2.22. The average Bonchev–Trinajstić information content (AvgIpc) is 2.32. The van der Waals surface area contributed by atoms with Crippen LogP contribution in [-0.4, -0.2) is 9.36 Å². The number of nitrogens with zero attached hydrogens (tertiary/aromatic N) is 2. The second-order valence-electron chi connectivity index (χ2n) is 2.27. The van der Waals surface area contributed by atoms with Gasteiger partial charge in [0.15, 0.2) is 0 Å². The molecule has 2 aromatic heterocycles. The summed E-state index contributed by atoms with van der Waals surface area (Å²) in [5, 5.41) is 1.63. The Labute approximate surface area is 73.0 Å². The van der Waals surface area contributed by atoms with E-state index in [0.29, 0.717) is 5.15 Å². The number of hydrogen-bond donors (Lipinski definition) is 0. The molecule has 0 amide bonds. The van der Waals surface area contributed by atoms with Crippen LogP contribution in [0.25, 0.3) is 10.1 Å². The molecule has 0 aliphatic rings. The first-order valence-electron chi connectivity index (χ1n) is 3.15. The quantitative estimate of drug-likeness (QED) is 0.589. The third-order valence-electron chi connectivity index (χ3n) is 1.50. The average molecular weight is 185 g/mol. The van der Waals surface area contributed by atoms with Crippen LogP contribution in [0.3, 0.4) is 0 Å². The molecule has 0 saturated carbocycles. The normalized spacial score (nSPS) is 10.7. The summed E-state index contributed by atoms with van der Waals surface area (Å²) < 4.78 is 5.28. The molecule has 2 heterocycles. The number of aromatic nitrogens is 2. The van der Waals surface area contributed by atoms with E-state index in [1.54, 1.807) is 6.20 Å². The maximum atomic E-state index is 5.70. The number of fused-ring (bicyclic) bond motifs is 1. The molecule has 0 radical (unpaired) electrons. The molecular weight excluding hydrogens is 180 g/mol. The van der Waals surface area contributed by atoms with Crippen molar-refractivity contribution in [2.75, 3.05) is 0 Å². The van der Waals surface area contributed by atoms with Gasteiger partial charge in [0.25, 0.3) is 0 Å². The van der Waals surface area contributed by atoms with Gasteiger partial charge in [-0.2, -0.15) is 4.37 Å². The molecule has 0 aliphatic carbocycles. The Morgan fingerprint density at radius 2 is 2.36 bits per heavy atom. The Morgan fingerprint density at radius 3 is 3.18 bits per heavy atom. The van der Waals surface area contributed by atoms with Gasteiger partial charge in [-0.15, -0.1) is 0 Å². The number of hydrogen-bond acceptors (Lipinski definition) is 3. The van der Waals surface area contributed by atoms with Gasteiger partial charge in [0.2, 0.25) is 0 Å². The fourth-order valence-electron chi connectivity index (χ4n) is 0.927. The Bertz CT molecular complexity index is 396. The van der Waals surface area contributed by atoms with Gasteiger partial charge < -0.3 is 0 Å². The molecule has 0 N–H and O–H groups in total. The van der Waals surface area contributed by atoms with Crippen molar-refractivity contribution in [1.29, 1.82) is 0 Å². The van der Waals surface area contributed by atoms with Gasteiger partial charge in [-0.1, -0.05) is 11.6 Å². The van der Waals surface area contributed by atoms with Crippen LogP contribution in [0.15, 0.2) is 12.3 Å². The standard InChI is InChI=1S/C7H5ClN2S/c1-4-5-3-9-7(8)2-6(5)11-10-4/h2-3H,1H3. The highest BCUT2D eigenvalue weighted by molar-refractivity contribution is 7.13. The van der Waals surface area contributed by atoms with Gasteiger partial charge in [-0.3, -0.25) is 0 Å². The highest BCUT2D eigenvalue weighted by atomic mass is 35.5. The molecule has 0 aromatic carbocycles. The number of rotatable bonds is 0. The molecule has 56 valence electrons. The van der Waals surface area contributed by atoms with Gasteiger partial charge in [-0.05, 0) is 24.5 Å². The van der Waals surface area contributed by atoms with Crippen molar-refractivity contribution >= 4 is 33.2 Å². The first kappa shape index (κ1) is 7.00. The van der Waals surface area contributed by atoms with Crippen LogP contribution in [0, 0.1) is 6.92 Å². The fourth-order valence-corrected chi connectivity index (χ4v) is 1.95. The summed E-state index contributed by atoms with van der Waals surface area (Å²) in [7, 11) is 0. The van der Waals surface area contributed by atoms with E-state index in [2.05, 4.69) is 9.36 Å². The van der Waals surface area contributed by atoms with Gasteiger partial charge in [0.05, 0.1) is 10.4 Å². The van der Waals surface area contributed by atoms with E-state index in [4.69, 9.17) is 11.6 Å². The molecule has 0 fully saturated rings. The lowest BCUT2D eigenvalue weighted by Crippen LogP contribution is -1.74. The van der Waals surface area contributed by atoms with Crippen LogP contribution in [0.4, 0.5) is 0 Å². The first-order chi connectivity index (χ1) is 5.27. The summed E-state index contributed by atoms with van der Waals surface area (Å²) in [6, 6.07) is 1.83. The predicted octanol–water partition coefficient (Wildman–Crippen LogP) is 2.65. The second kappa shape index (κ2) is 2.43. The van der Waals surface area contributed by atoms with Gasteiger partial charge in [0, 0.05) is 11.6 Å². The molecular formula is C7H5ClN2S. The third kappa shape index (κ3) is 1.10. The molecule has 2 rings (SSSR count). The molecule has 0 aliphatic heterocycles. The van der Waals surface area contributed by atoms with Crippen molar-refractivity contribution < 1.29 is 0 Å². The molecule has 11 heavy (non-hydrogen) atoms. The lowest BCUT2D eigenvalue weighted by Gasteiger charge is -1.88. The lowest BCUT2D eigenvalue weighted by molar-refractivity contribution is 1.33. The first-order valence-corrected chi connectivity index (χ1v) is 4.30. The second-order valence-corrected chi connectivity index (χ2v) is 3.46. The maximum absolute atomic E-state index is 5.70. The van der Waals surface area contributed by atoms with E-state index in [1.165, 1.54) is 11.5 Å². The molecule has 0 spiro atoms. The maximum Gasteiger partial charge on any atom is 0.130 e. The van der Waals surface area contributed by atoms with Crippen LogP contribution in [-0.2, 0) is 0 Å². The minimum absolute atomic E-state index is 0.529. The molecule has 0 atom stereocenters. The molecule has 0 saturated heterocycles. The van der Waals surface area contributed by atoms with E-state index < -0.39 is 0 Å². The lowest BCUT2D eigenvalue weighted by atomic mass is 10.3. The molecule has 0 bridgehead atoms. The molecule has 0 unspecified atom stereocenters. The highest BCUT2D eigenvalue weighted by Gasteiger charge is 2.01. The van der Waals surface area contributed by atoms with Crippen molar-refractivity contribution in [3.05, 3.63) is 23.1 Å². The summed E-state index contributed by atoms with van der Waals surface area (Å²) in [5.41, 5.74) is 1.02. The van der Waals surface area contributed by atoms with Crippen LogP contribution >= 0.6 is 23.1 Å². The van der Waals surface area contributed by atoms with Gasteiger partial charge >= 0.3 is 0 Å². The van der Waals surface area contributed by atoms with Crippen LogP contribution < -0.4 is 0 Å². The van der Waals surface area contributed by atoms with E-state index in [-0.39, 0.29) is 0 Å². The fraction of sp³-hybridized carbons (Fsp3) is 0.143. The van der Waals surface area contributed by atoms with Gasteiger partial charge in [0.1, 0.15) is 5.15 Å². The minimum atomic E-state index is 0.529. The van der Waals surface area contributed by atoms with Crippen molar-refractivity contribution in [1.82, 2.24) is 9.36 Å². The molecule has 2 aromatic rings. The molecule has 4 heteroatoms. The van der Waals surface area contributed by atoms with Crippen molar-refractivity contribution in [3.63, 3.8) is 0 Å². The smallest absolute Gasteiger partial charge is 0.130 e. The largest absolute Gasteiger partial charge is 0.244 e. The zero-order valence-corrected chi connectivity index (χ0v) is 7.41. The van der Waals surface area contributed by atoms with E-state index in [0.717, 1.165) is 15.8 Å². The van der Waals surface area contributed by atoms with E-state index >= 15 is 0 Å². The zero-order chi connectivity index (χ0) is 7.84. The molecule has 2 nitrogen and oxygen atoms in total. The minimum Gasteiger partial charge on any atom is -0.244 e. The van der Waals surface area contributed by atoms with Crippen molar-refractivity contribution in [2.45, 2.75) is 6.92 Å². The van der Waals surface area contributed by atoms with E-state index in [1.807, 2.05) is 13.0 Å². The Kier molecular flexibility index (Phi) is 1.55. The van der Waals surface area contributed by atoms with Crippen LogP contribution in [0.5, 0.6) is 0 Å². The summed E-state index contributed by atoms with van der Waals surface area (Å²) in [6.45, 7) is 1.97.